The van der Waals surface area contributed by atoms with Gasteiger partial charge in [0.2, 0.25) is 0 Å². The number of nitrogens with one attached hydrogen (secondary N) is 2. The molecule has 0 spiro atoms. The van der Waals surface area contributed by atoms with Crippen LogP contribution in [-0.4, -0.2) is 48.3 Å². The summed E-state index contributed by atoms with van der Waals surface area (Å²) in [6, 6.07) is 10.2. The maximum absolute atomic E-state index is 12.0. The molecule has 6 heteroatoms. The number of ether oxygens (including phenoxy) is 1. The third-order valence-corrected chi connectivity index (χ3v) is 4.25. The second kappa shape index (κ2) is 9.46. The van der Waals surface area contributed by atoms with Crippen LogP contribution in [0.4, 0.5) is 9.59 Å². The maximum atomic E-state index is 12.0. The van der Waals surface area contributed by atoms with Crippen LogP contribution in [0, 0.1) is 0 Å². The molecule has 1 aliphatic heterocycles. The van der Waals surface area contributed by atoms with E-state index in [0.717, 1.165) is 25.7 Å². The largest absolute Gasteiger partial charge is 0.444 e. The molecule has 0 bridgehead atoms. The smallest absolute Gasteiger partial charge is 0.410 e. The number of aryl methyl sites for hydroxylation is 1. The van der Waals surface area contributed by atoms with Crippen molar-refractivity contribution >= 4 is 12.1 Å². The monoisotopic (exact) mass is 361 g/mol. The van der Waals surface area contributed by atoms with Gasteiger partial charge in [-0.3, -0.25) is 0 Å². The van der Waals surface area contributed by atoms with Crippen molar-refractivity contribution in [1.29, 1.82) is 0 Å². The molecule has 2 N–H and O–H groups in total. The lowest BCUT2D eigenvalue weighted by Crippen LogP contribution is -2.50. The fraction of sp³-hybridized carbons (Fsp3) is 0.600. The predicted octanol–water partition coefficient (Wildman–Crippen LogP) is 3.32. The number of rotatable bonds is 5. The molecule has 144 valence electrons. The van der Waals surface area contributed by atoms with Gasteiger partial charge in [-0.25, -0.2) is 9.59 Å². The Labute approximate surface area is 156 Å². The van der Waals surface area contributed by atoms with Gasteiger partial charge in [0.05, 0.1) is 0 Å². The molecule has 0 aliphatic carbocycles. The van der Waals surface area contributed by atoms with Gasteiger partial charge < -0.3 is 20.3 Å². The zero-order chi connectivity index (χ0) is 19.0. The lowest BCUT2D eigenvalue weighted by Gasteiger charge is -2.33. The van der Waals surface area contributed by atoms with Crippen molar-refractivity contribution in [3.8, 4) is 0 Å². The number of piperidine rings is 1. The quantitative estimate of drug-likeness (QED) is 0.791. The number of amides is 3. The predicted molar refractivity (Wildman–Crippen MR) is 102 cm³/mol. The summed E-state index contributed by atoms with van der Waals surface area (Å²) < 4.78 is 5.38. The number of urea groups is 1. The van der Waals surface area contributed by atoms with Crippen LogP contribution in [0.25, 0.3) is 0 Å². The first-order valence-electron chi connectivity index (χ1n) is 9.40. The standard InChI is InChI=1S/C20H31N3O3/c1-20(2,3)26-19(25)23-14-11-17(12-15-23)22-18(24)21-13-7-10-16-8-5-4-6-9-16/h4-6,8-9,17H,7,10-15H2,1-3H3,(H2,21,22,24). The molecule has 6 nitrogen and oxygen atoms in total. The summed E-state index contributed by atoms with van der Waals surface area (Å²) in [6.07, 6.45) is 3.08. The molecule has 1 aromatic carbocycles. The molecule has 2 rings (SSSR count). The van der Waals surface area contributed by atoms with E-state index < -0.39 is 5.60 Å². The van der Waals surface area contributed by atoms with Crippen molar-refractivity contribution in [1.82, 2.24) is 15.5 Å². The van der Waals surface area contributed by atoms with E-state index in [1.807, 2.05) is 39.0 Å². The first kappa shape index (κ1) is 20.1. The topological polar surface area (TPSA) is 70.7 Å². The fourth-order valence-corrected chi connectivity index (χ4v) is 2.91. The fourth-order valence-electron chi connectivity index (χ4n) is 2.91. The zero-order valence-electron chi connectivity index (χ0n) is 16.1. The Morgan fingerprint density at radius 2 is 1.81 bits per heavy atom. The van der Waals surface area contributed by atoms with Gasteiger partial charge >= 0.3 is 12.1 Å². The number of benzene rings is 1. The van der Waals surface area contributed by atoms with Gasteiger partial charge in [-0.05, 0) is 52.0 Å². The van der Waals surface area contributed by atoms with E-state index in [1.165, 1.54) is 5.56 Å². The van der Waals surface area contributed by atoms with E-state index in [1.54, 1.807) is 4.90 Å². The summed E-state index contributed by atoms with van der Waals surface area (Å²) in [5.41, 5.74) is 0.801. The molecule has 0 atom stereocenters. The average Bonchev–Trinajstić information content (AvgIpc) is 2.59. The molecule has 0 saturated carbocycles. The molecule has 0 aromatic heterocycles. The Kier molecular flexibility index (Phi) is 7.30. The Morgan fingerprint density at radius 3 is 2.42 bits per heavy atom. The molecule has 0 unspecified atom stereocenters. The van der Waals surface area contributed by atoms with Gasteiger partial charge in [0, 0.05) is 25.7 Å². The number of hydrogen-bond donors (Lipinski definition) is 2. The minimum Gasteiger partial charge on any atom is -0.444 e. The third-order valence-electron chi connectivity index (χ3n) is 4.25. The SMILES string of the molecule is CC(C)(C)OC(=O)N1CCC(NC(=O)NCCCc2ccccc2)CC1. The van der Waals surface area contributed by atoms with E-state index in [2.05, 4.69) is 22.8 Å². The highest BCUT2D eigenvalue weighted by molar-refractivity contribution is 5.74. The van der Waals surface area contributed by atoms with Crippen LogP contribution in [0.15, 0.2) is 30.3 Å². The number of likely N-dealkylation sites (tertiary alicyclic amines) is 1. The van der Waals surface area contributed by atoms with Crippen LogP contribution in [-0.2, 0) is 11.2 Å². The summed E-state index contributed by atoms with van der Waals surface area (Å²) in [7, 11) is 0. The van der Waals surface area contributed by atoms with Crippen LogP contribution in [0.1, 0.15) is 45.6 Å². The molecule has 1 saturated heterocycles. The Morgan fingerprint density at radius 1 is 1.15 bits per heavy atom. The minimum atomic E-state index is -0.480. The lowest BCUT2D eigenvalue weighted by molar-refractivity contribution is 0.0201. The van der Waals surface area contributed by atoms with Crippen LogP contribution in [0.3, 0.4) is 0 Å². The maximum Gasteiger partial charge on any atom is 0.410 e. The molecular formula is C20H31N3O3. The van der Waals surface area contributed by atoms with E-state index >= 15 is 0 Å². The highest BCUT2D eigenvalue weighted by Gasteiger charge is 2.27. The number of carbonyl (C=O) groups excluding carboxylic acids is 2. The van der Waals surface area contributed by atoms with Crippen molar-refractivity contribution in [2.75, 3.05) is 19.6 Å². The Hall–Kier alpha value is -2.24. The van der Waals surface area contributed by atoms with Gasteiger partial charge in [0.15, 0.2) is 0 Å². The highest BCUT2D eigenvalue weighted by atomic mass is 16.6. The summed E-state index contributed by atoms with van der Waals surface area (Å²) >= 11 is 0. The van der Waals surface area contributed by atoms with E-state index in [4.69, 9.17) is 4.74 Å². The molecule has 0 radical (unpaired) electrons. The number of nitrogens with zero attached hydrogens (tertiary/aromatic N) is 1. The summed E-state index contributed by atoms with van der Waals surface area (Å²) in [5, 5.41) is 5.91. The average molecular weight is 361 g/mol. The summed E-state index contributed by atoms with van der Waals surface area (Å²) in [6.45, 7) is 7.45. The van der Waals surface area contributed by atoms with Gasteiger partial charge in [-0.15, -0.1) is 0 Å². The highest BCUT2D eigenvalue weighted by Crippen LogP contribution is 2.15. The van der Waals surface area contributed by atoms with Crippen molar-refractivity contribution in [3.05, 3.63) is 35.9 Å². The number of carbonyl (C=O) groups is 2. The first-order chi connectivity index (χ1) is 12.3. The normalized spacial score (nSPS) is 15.4. The number of hydrogen-bond acceptors (Lipinski definition) is 3. The molecular weight excluding hydrogens is 330 g/mol. The van der Waals surface area contributed by atoms with Crippen molar-refractivity contribution in [2.45, 2.75) is 58.1 Å². The molecule has 1 aromatic rings. The molecule has 1 heterocycles. The third kappa shape index (κ3) is 7.33. The van der Waals surface area contributed by atoms with Crippen LogP contribution in [0.5, 0.6) is 0 Å². The summed E-state index contributed by atoms with van der Waals surface area (Å²) in [5.74, 6) is 0. The van der Waals surface area contributed by atoms with Gasteiger partial charge in [0.25, 0.3) is 0 Å². The molecule has 3 amide bonds. The van der Waals surface area contributed by atoms with E-state index in [-0.39, 0.29) is 18.2 Å². The van der Waals surface area contributed by atoms with Crippen molar-refractivity contribution in [2.24, 2.45) is 0 Å². The molecule has 26 heavy (non-hydrogen) atoms. The second-order valence-corrected chi connectivity index (χ2v) is 7.73. The van der Waals surface area contributed by atoms with Gasteiger partial charge in [-0.2, -0.15) is 0 Å². The van der Waals surface area contributed by atoms with Crippen LogP contribution in [0.2, 0.25) is 0 Å². The van der Waals surface area contributed by atoms with Crippen molar-refractivity contribution in [3.63, 3.8) is 0 Å². The zero-order valence-corrected chi connectivity index (χ0v) is 16.1. The Bertz CT molecular complexity index is 576. The van der Waals surface area contributed by atoms with Crippen molar-refractivity contribution < 1.29 is 14.3 Å². The Balaban J connectivity index is 1.60. The van der Waals surface area contributed by atoms with E-state index in [0.29, 0.717) is 19.6 Å². The summed E-state index contributed by atoms with van der Waals surface area (Å²) in [4.78, 5) is 25.7. The van der Waals surface area contributed by atoms with Gasteiger partial charge in [0.1, 0.15) is 5.60 Å². The first-order valence-corrected chi connectivity index (χ1v) is 9.40. The molecule has 1 aliphatic rings. The minimum absolute atomic E-state index is 0.0998. The second-order valence-electron chi connectivity index (χ2n) is 7.73. The van der Waals surface area contributed by atoms with Gasteiger partial charge in [-0.1, -0.05) is 30.3 Å². The van der Waals surface area contributed by atoms with E-state index in [9.17, 15) is 9.59 Å². The van der Waals surface area contributed by atoms with Crippen LogP contribution < -0.4 is 10.6 Å². The molecule has 1 fully saturated rings. The lowest BCUT2D eigenvalue weighted by atomic mass is 10.1. The van der Waals surface area contributed by atoms with Crippen LogP contribution >= 0.6 is 0 Å².